The molecule has 88 valence electrons. The van der Waals surface area contributed by atoms with Gasteiger partial charge in [0.2, 0.25) is 0 Å². The second kappa shape index (κ2) is 4.93. The second-order valence-corrected chi connectivity index (χ2v) is 4.70. The zero-order valence-electron chi connectivity index (χ0n) is 8.99. The monoisotopic (exact) mass is 241 g/mol. The number of hydrogen-bond acceptors (Lipinski definition) is 3. The lowest BCUT2D eigenvalue weighted by Gasteiger charge is -2.29. The van der Waals surface area contributed by atoms with Gasteiger partial charge in [-0.1, -0.05) is 24.4 Å². The Kier molecular flexibility index (Phi) is 3.56. The number of anilines is 1. The van der Waals surface area contributed by atoms with E-state index in [2.05, 4.69) is 5.32 Å². The van der Waals surface area contributed by atoms with E-state index < -0.39 is 0 Å². The molecule has 2 atom stereocenters. The van der Waals surface area contributed by atoms with E-state index in [-0.39, 0.29) is 17.9 Å². The maximum atomic E-state index is 9.81. The highest BCUT2D eigenvalue weighted by atomic mass is 35.5. The van der Waals surface area contributed by atoms with Gasteiger partial charge in [-0.05, 0) is 25.0 Å². The Labute approximate surface area is 100 Å². The quantitative estimate of drug-likeness (QED) is 0.698. The number of phenolic OH excluding ortho intramolecular Hbond substituents is 1. The van der Waals surface area contributed by atoms with Crippen LogP contribution in [0.3, 0.4) is 0 Å². The van der Waals surface area contributed by atoms with Crippen molar-refractivity contribution in [2.75, 3.05) is 5.32 Å². The average Bonchev–Trinajstić information content (AvgIpc) is 2.25. The Morgan fingerprint density at radius 1 is 1.25 bits per heavy atom. The van der Waals surface area contributed by atoms with Crippen molar-refractivity contribution in [1.82, 2.24) is 0 Å². The van der Waals surface area contributed by atoms with Gasteiger partial charge in [0.1, 0.15) is 5.75 Å². The number of benzene rings is 1. The number of nitrogens with one attached hydrogen (secondary N) is 1. The molecule has 0 aromatic heterocycles. The molecule has 1 fully saturated rings. The summed E-state index contributed by atoms with van der Waals surface area (Å²) in [7, 11) is 0. The van der Waals surface area contributed by atoms with E-state index in [9.17, 15) is 10.2 Å². The number of phenols is 1. The van der Waals surface area contributed by atoms with Gasteiger partial charge in [-0.25, -0.2) is 0 Å². The fraction of sp³-hybridized carbons (Fsp3) is 0.500. The van der Waals surface area contributed by atoms with E-state index in [0.29, 0.717) is 10.7 Å². The Morgan fingerprint density at radius 3 is 2.69 bits per heavy atom. The van der Waals surface area contributed by atoms with Gasteiger partial charge in [0, 0.05) is 11.1 Å². The van der Waals surface area contributed by atoms with Gasteiger partial charge in [-0.15, -0.1) is 0 Å². The molecule has 1 aromatic carbocycles. The number of aliphatic hydroxyl groups excluding tert-OH is 1. The van der Waals surface area contributed by atoms with Gasteiger partial charge < -0.3 is 15.5 Å². The molecule has 0 aliphatic heterocycles. The molecule has 3 nitrogen and oxygen atoms in total. The molecule has 4 heteroatoms. The average molecular weight is 242 g/mol. The smallest absolute Gasteiger partial charge is 0.140 e. The van der Waals surface area contributed by atoms with Crippen molar-refractivity contribution in [3.63, 3.8) is 0 Å². The van der Waals surface area contributed by atoms with Crippen molar-refractivity contribution in [2.45, 2.75) is 37.8 Å². The van der Waals surface area contributed by atoms with Crippen molar-refractivity contribution >= 4 is 17.3 Å². The van der Waals surface area contributed by atoms with Crippen molar-refractivity contribution in [3.8, 4) is 5.75 Å². The maximum Gasteiger partial charge on any atom is 0.140 e. The topological polar surface area (TPSA) is 52.5 Å². The maximum absolute atomic E-state index is 9.81. The first-order valence-electron chi connectivity index (χ1n) is 5.60. The first kappa shape index (κ1) is 11.6. The van der Waals surface area contributed by atoms with Crippen LogP contribution in [0.15, 0.2) is 18.2 Å². The fourth-order valence-corrected chi connectivity index (χ4v) is 2.27. The molecule has 1 aliphatic carbocycles. The molecule has 0 heterocycles. The number of rotatable bonds is 2. The Balaban J connectivity index is 2.07. The van der Waals surface area contributed by atoms with E-state index in [1.165, 1.54) is 6.07 Å². The fourth-order valence-electron chi connectivity index (χ4n) is 2.11. The number of halogens is 1. The zero-order chi connectivity index (χ0) is 11.5. The molecule has 0 spiro atoms. The van der Waals surface area contributed by atoms with Crippen LogP contribution < -0.4 is 5.32 Å². The first-order chi connectivity index (χ1) is 7.66. The van der Waals surface area contributed by atoms with Crippen LogP contribution in [0.1, 0.15) is 25.7 Å². The van der Waals surface area contributed by atoms with Crippen LogP contribution in [0.25, 0.3) is 0 Å². The summed E-state index contributed by atoms with van der Waals surface area (Å²) in [4.78, 5) is 0. The molecule has 0 amide bonds. The number of hydrogen-bond donors (Lipinski definition) is 3. The van der Waals surface area contributed by atoms with Gasteiger partial charge in [0.15, 0.2) is 0 Å². The first-order valence-corrected chi connectivity index (χ1v) is 5.98. The third kappa shape index (κ3) is 2.60. The van der Waals surface area contributed by atoms with Gasteiger partial charge in [-0.2, -0.15) is 0 Å². The van der Waals surface area contributed by atoms with Crippen LogP contribution >= 0.6 is 11.6 Å². The van der Waals surface area contributed by atoms with Crippen LogP contribution in [-0.2, 0) is 0 Å². The van der Waals surface area contributed by atoms with Gasteiger partial charge in [-0.3, -0.25) is 0 Å². The highest BCUT2D eigenvalue weighted by molar-refractivity contribution is 6.30. The number of aliphatic hydroxyl groups is 1. The molecule has 1 aromatic rings. The van der Waals surface area contributed by atoms with Gasteiger partial charge in [0.05, 0.1) is 17.8 Å². The standard InChI is InChI=1S/C12H16ClNO2/c13-8-5-6-10(12(16)7-8)14-9-3-1-2-4-11(9)15/h5-7,9,11,14-16H,1-4H2/t9-,11-/m0/s1. The van der Waals surface area contributed by atoms with Crippen molar-refractivity contribution in [1.29, 1.82) is 0 Å². The summed E-state index contributed by atoms with van der Waals surface area (Å²) < 4.78 is 0. The Morgan fingerprint density at radius 2 is 2.00 bits per heavy atom. The largest absolute Gasteiger partial charge is 0.506 e. The zero-order valence-corrected chi connectivity index (χ0v) is 9.74. The predicted octanol–water partition coefficient (Wildman–Crippen LogP) is 2.76. The summed E-state index contributed by atoms with van der Waals surface area (Å²) in [6, 6.07) is 4.98. The van der Waals surface area contributed by atoms with Crippen molar-refractivity contribution in [3.05, 3.63) is 23.2 Å². The van der Waals surface area contributed by atoms with Crippen molar-refractivity contribution in [2.24, 2.45) is 0 Å². The van der Waals surface area contributed by atoms with Crippen molar-refractivity contribution < 1.29 is 10.2 Å². The summed E-state index contributed by atoms with van der Waals surface area (Å²) in [5.41, 5.74) is 0.635. The lowest BCUT2D eigenvalue weighted by atomic mass is 9.92. The summed E-state index contributed by atoms with van der Waals surface area (Å²) >= 11 is 5.75. The van der Waals surface area contributed by atoms with Gasteiger partial charge >= 0.3 is 0 Å². The Bertz CT molecular complexity index is 370. The minimum Gasteiger partial charge on any atom is -0.506 e. The normalized spacial score (nSPS) is 25.4. The van der Waals surface area contributed by atoms with E-state index >= 15 is 0 Å². The summed E-state index contributed by atoms with van der Waals surface area (Å²) in [6.07, 6.45) is 3.62. The molecule has 0 saturated heterocycles. The Hall–Kier alpha value is -0.930. The third-order valence-corrected chi connectivity index (χ3v) is 3.27. The molecule has 0 radical (unpaired) electrons. The molecule has 0 bridgehead atoms. The van der Waals surface area contributed by atoms with E-state index in [1.807, 2.05) is 0 Å². The van der Waals surface area contributed by atoms with Crippen LogP contribution in [0.2, 0.25) is 5.02 Å². The molecule has 3 N–H and O–H groups in total. The molecule has 1 saturated carbocycles. The molecule has 2 rings (SSSR count). The van der Waals surface area contributed by atoms with E-state index in [4.69, 9.17) is 11.6 Å². The number of aromatic hydroxyl groups is 1. The molecule has 16 heavy (non-hydrogen) atoms. The highest BCUT2D eigenvalue weighted by Gasteiger charge is 2.23. The molecular formula is C12H16ClNO2. The molecule has 1 aliphatic rings. The third-order valence-electron chi connectivity index (χ3n) is 3.03. The minimum absolute atomic E-state index is 0.0285. The van der Waals surface area contributed by atoms with Crippen LogP contribution in [0.5, 0.6) is 5.75 Å². The summed E-state index contributed by atoms with van der Waals surface area (Å²) in [6.45, 7) is 0. The van der Waals surface area contributed by atoms with Crippen LogP contribution in [0, 0.1) is 0 Å². The van der Waals surface area contributed by atoms with Gasteiger partial charge in [0.25, 0.3) is 0 Å². The lowest BCUT2D eigenvalue weighted by Crippen LogP contribution is -2.36. The van der Waals surface area contributed by atoms with E-state index in [0.717, 1.165) is 25.7 Å². The predicted molar refractivity (Wildman–Crippen MR) is 65.0 cm³/mol. The summed E-state index contributed by atoms with van der Waals surface area (Å²) in [5.74, 6) is 0.130. The molecule has 0 unspecified atom stereocenters. The lowest BCUT2D eigenvalue weighted by molar-refractivity contribution is 0.116. The SMILES string of the molecule is Oc1cc(Cl)ccc1N[C@H]1CCCC[C@@H]1O. The summed E-state index contributed by atoms with van der Waals surface area (Å²) in [5, 5.41) is 23.2. The van der Waals surface area contributed by atoms with Crippen LogP contribution in [-0.4, -0.2) is 22.4 Å². The van der Waals surface area contributed by atoms with E-state index in [1.54, 1.807) is 12.1 Å². The second-order valence-electron chi connectivity index (χ2n) is 4.26. The highest BCUT2D eigenvalue weighted by Crippen LogP contribution is 2.29. The molecular weight excluding hydrogens is 226 g/mol. The van der Waals surface area contributed by atoms with Crippen LogP contribution in [0.4, 0.5) is 5.69 Å². The minimum atomic E-state index is -0.330.